The number of anilines is 2. The lowest BCUT2D eigenvalue weighted by Crippen LogP contribution is -2.17. The maximum Gasteiger partial charge on any atom is 0.417 e. The molecule has 2 aliphatic heterocycles. The molecule has 0 saturated heterocycles. The second kappa shape index (κ2) is 8.01. The predicted octanol–water partition coefficient (Wildman–Crippen LogP) is 4.05. The first kappa shape index (κ1) is 21.9. The molecule has 0 atom stereocenters. The lowest BCUT2D eigenvalue weighted by Gasteiger charge is -2.24. The third-order valence-electron chi connectivity index (χ3n) is 5.00. The number of nitrogens with one attached hydrogen (secondary N) is 2. The molecule has 1 aromatic carbocycles. The molecule has 4 rings (SSSR count). The molecule has 3 heterocycles. The Balaban J connectivity index is 1.75. The van der Waals surface area contributed by atoms with Crippen LogP contribution >= 0.6 is 0 Å². The minimum absolute atomic E-state index is 0.123. The minimum Gasteiger partial charge on any atom is -0.380 e. The van der Waals surface area contributed by atoms with E-state index in [1.54, 1.807) is 18.2 Å². The summed E-state index contributed by atoms with van der Waals surface area (Å²) in [6.45, 7) is 0.665. The Morgan fingerprint density at radius 2 is 1.94 bits per heavy atom. The van der Waals surface area contributed by atoms with Crippen LogP contribution in [0, 0.1) is 0 Å². The second-order valence-electron chi connectivity index (χ2n) is 7.75. The van der Waals surface area contributed by atoms with Gasteiger partial charge in [-0.3, -0.25) is 0 Å². The van der Waals surface area contributed by atoms with E-state index in [4.69, 9.17) is 0 Å². The Bertz CT molecular complexity index is 1250. The zero-order chi connectivity index (χ0) is 23.1. The summed E-state index contributed by atoms with van der Waals surface area (Å²) >= 11 is 0. The molecule has 0 bridgehead atoms. The van der Waals surface area contributed by atoms with Crippen molar-refractivity contribution in [3.63, 3.8) is 0 Å². The molecule has 1 aromatic heterocycles. The molecule has 6 nitrogen and oxygen atoms in total. The molecule has 0 saturated carbocycles. The summed E-state index contributed by atoms with van der Waals surface area (Å²) in [5.41, 5.74) is 3.88. The zero-order valence-electron chi connectivity index (χ0n) is 17.4. The van der Waals surface area contributed by atoms with Crippen LogP contribution in [0.4, 0.5) is 24.7 Å². The summed E-state index contributed by atoms with van der Waals surface area (Å²) in [6, 6.07) is 7.42. The zero-order valence-corrected chi connectivity index (χ0v) is 18.2. The number of hydrogen-bond donors (Lipinski definition) is 2. The van der Waals surface area contributed by atoms with E-state index in [9.17, 15) is 21.6 Å². The number of fused-ring (bicyclic) bond motifs is 1. The number of pyridine rings is 1. The molecule has 0 spiro atoms. The van der Waals surface area contributed by atoms with Gasteiger partial charge in [0.1, 0.15) is 5.82 Å². The molecule has 0 fully saturated rings. The molecule has 0 unspecified atom stereocenters. The lowest BCUT2D eigenvalue weighted by molar-refractivity contribution is -0.137. The molecular weight excluding hydrogens is 441 g/mol. The normalized spacial score (nSPS) is 16.0. The molecule has 0 amide bonds. The third-order valence-corrected chi connectivity index (χ3v) is 5.86. The smallest absolute Gasteiger partial charge is 0.380 e. The van der Waals surface area contributed by atoms with Crippen LogP contribution in [0.2, 0.25) is 0 Å². The number of alkyl halides is 3. The Kier molecular flexibility index (Phi) is 5.49. The Hall–Kier alpha value is -3.27. The van der Waals surface area contributed by atoms with Gasteiger partial charge < -0.3 is 15.5 Å². The highest BCUT2D eigenvalue weighted by molar-refractivity contribution is 7.89. The van der Waals surface area contributed by atoms with Gasteiger partial charge >= 0.3 is 6.18 Å². The highest BCUT2D eigenvalue weighted by Gasteiger charge is 2.30. The van der Waals surface area contributed by atoms with Crippen LogP contribution in [0.15, 0.2) is 66.3 Å². The first-order valence-corrected chi connectivity index (χ1v) is 11.8. The van der Waals surface area contributed by atoms with Gasteiger partial charge in [-0.1, -0.05) is 12.1 Å². The van der Waals surface area contributed by atoms with Crippen LogP contribution in [-0.2, 0) is 21.8 Å². The van der Waals surface area contributed by atoms with Crippen molar-refractivity contribution in [3.05, 3.63) is 83.0 Å². The monoisotopic (exact) mass is 462 g/mol. The first-order chi connectivity index (χ1) is 15.0. The highest BCUT2D eigenvalue weighted by Crippen LogP contribution is 2.38. The van der Waals surface area contributed by atoms with Crippen molar-refractivity contribution in [2.24, 2.45) is 0 Å². The summed E-state index contributed by atoms with van der Waals surface area (Å²) in [5.74, 6) is 0.122. The van der Waals surface area contributed by atoms with E-state index in [2.05, 4.69) is 15.6 Å². The van der Waals surface area contributed by atoms with Crippen molar-refractivity contribution >= 4 is 26.9 Å². The summed E-state index contributed by atoms with van der Waals surface area (Å²) in [5, 5.41) is 6.36. The van der Waals surface area contributed by atoms with Gasteiger partial charge in [-0.15, -0.1) is 0 Å². The van der Waals surface area contributed by atoms with E-state index >= 15 is 0 Å². The van der Waals surface area contributed by atoms with Crippen LogP contribution in [0.3, 0.4) is 0 Å². The highest BCUT2D eigenvalue weighted by atomic mass is 32.2. The largest absolute Gasteiger partial charge is 0.417 e. The SMILES string of the molecule is CN1C=C2NCC=C2C(c2cc(CS(C)(=O)=O)ccc2Nc2ccc(C(F)(F)F)cn2)=C1. The Morgan fingerprint density at radius 1 is 1.16 bits per heavy atom. The quantitative estimate of drug-likeness (QED) is 0.699. The van der Waals surface area contributed by atoms with E-state index in [0.29, 0.717) is 17.8 Å². The van der Waals surface area contributed by atoms with Crippen molar-refractivity contribution in [1.82, 2.24) is 15.2 Å². The van der Waals surface area contributed by atoms with E-state index in [1.165, 1.54) is 12.3 Å². The lowest BCUT2D eigenvalue weighted by atomic mass is 9.93. The number of aromatic nitrogens is 1. The molecule has 2 aliphatic rings. The molecule has 0 aliphatic carbocycles. The molecule has 10 heteroatoms. The van der Waals surface area contributed by atoms with Gasteiger partial charge in [0.15, 0.2) is 9.84 Å². The minimum atomic E-state index is -4.47. The van der Waals surface area contributed by atoms with Crippen LogP contribution in [0.1, 0.15) is 16.7 Å². The Labute approximate surface area is 184 Å². The first-order valence-electron chi connectivity index (χ1n) is 9.71. The van der Waals surface area contributed by atoms with Crippen LogP contribution < -0.4 is 10.6 Å². The summed E-state index contributed by atoms with van der Waals surface area (Å²) in [4.78, 5) is 5.79. The molecular formula is C22H21F3N4O2S. The fourth-order valence-electron chi connectivity index (χ4n) is 3.66. The van der Waals surface area contributed by atoms with Crippen molar-refractivity contribution in [3.8, 4) is 0 Å². The van der Waals surface area contributed by atoms with Gasteiger partial charge in [0.05, 0.1) is 17.0 Å². The maximum absolute atomic E-state index is 12.9. The van der Waals surface area contributed by atoms with Crippen LogP contribution in [0.5, 0.6) is 0 Å². The fraction of sp³-hybridized carbons (Fsp3) is 0.227. The third kappa shape index (κ3) is 4.80. The van der Waals surface area contributed by atoms with E-state index < -0.39 is 21.6 Å². The Morgan fingerprint density at radius 3 is 2.59 bits per heavy atom. The van der Waals surface area contributed by atoms with Gasteiger partial charge in [-0.2, -0.15) is 13.2 Å². The van der Waals surface area contributed by atoms with Gasteiger partial charge in [0.25, 0.3) is 0 Å². The van der Waals surface area contributed by atoms with Crippen LogP contribution in [-0.4, -0.2) is 38.1 Å². The van der Waals surface area contributed by atoms with E-state index in [-0.39, 0.29) is 11.6 Å². The van der Waals surface area contributed by atoms with Gasteiger partial charge in [-0.25, -0.2) is 13.4 Å². The predicted molar refractivity (Wildman–Crippen MR) is 117 cm³/mol. The van der Waals surface area contributed by atoms with Gasteiger partial charge in [0, 0.05) is 60.8 Å². The number of nitrogens with zero attached hydrogens (tertiary/aromatic N) is 2. The maximum atomic E-state index is 12.9. The fourth-order valence-corrected chi connectivity index (χ4v) is 4.44. The number of allylic oxidation sites excluding steroid dienone is 1. The van der Waals surface area contributed by atoms with Crippen molar-refractivity contribution < 1.29 is 21.6 Å². The molecule has 2 aromatic rings. The van der Waals surface area contributed by atoms with Gasteiger partial charge in [0.2, 0.25) is 0 Å². The number of hydrogen-bond acceptors (Lipinski definition) is 6. The number of halogens is 3. The van der Waals surface area contributed by atoms with Crippen molar-refractivity contribution in [2.75, 3.05) is 25.2 Å². The topological polar surface area (TPSA) is 74.3 Å². The van der Waals surface area contributed by atoms with Crippen molar-refractivity contribution in [1.29, 1.82) is 0 Å². The van der Waals surface area contributed by atoms with Gasteiger partial charge in [-0.05, 0) is 29.8 Å². The van der Waals surface area contributed by atoms with Crippen LogP contribution in [0.25, 0.3) is 5.57 Å². The summed E-state index contributed by atoms with van der Waals surface area (Å²) in [7, 11) is -1.37. The molecule has 2 N–H and O–H groups in total. The molecule has 168 valence electrons. The van der Waals surface area contributed by atoms with E-state index in [0.717, 1.165) is 34.7 Å². The molecule has 32 heavy (non-hydrogen) atoms. The average Bonchev–Trinajstić information content (AvgIpc) is 3.15. The standard InChI is InChI=1S/C22H21F3N4O2S/c1-29-11-18(16-7-8-26-20(16)12-29)17-9-14(13-32(2,30)31)3-5-19(17)28-21-6-4-15(10-27-21)22(23,24)25/h3-7,9-12,26H,8,13H2,1-2H3,(H,27,28). The average molecular weight is 462 g/mol. The number of rotatable bonds is 5. The van der Waals surface area contributed by atoms with Crippen molar-refractivity contribution in [2.45, 2.75) is 11.9 Å². The summed E-state index contributed by atoms with van der Waals surface area (Å²) in [6.07, 6.45) is 3.39. The molecule has 0 radical (unpaired) electrons. The summed E-state index contributed by atoms with van der Waals surface area (Å²) < 4.78 is 62.2. The van der Waals surface area contributed by atoms with E-state index in [1.807, 2.05) is 30.4 Å². The second-order valence-corrected chi connectivity index (χ2v) is 9.89. The number of sulfone groups is 1. The number of benzene rings is 1.